The van der Waals surface area contributed by atoms with E-state index in [1.54, 1.807) is 0 Å². The molecule has 2 aromatic carbocycles. The summed E-state index contributed by atoms with van der Waals surface area (Å²) in [5.74, 6) is 0.492. The standard InChI is InChI=1S/C22H31N5.HI/c1-19-8-10-21(11-9-19)25-22(23)24-12-5-13-26-14-16-27(17-15-26)18-20-6-3-2-4-7-20;/h2-4,6-11H,5,12-18H2,1H3,(H3,23,24,25);1H. The highest BCUT2D eigenvalue weighted by Crippen LogP contribution is 2.09. The zero-order chi connectivity index (χ0) is 18.9. The van der Waals surface area contributed by atoms with Crippen LogP contribution in [0.25, 0.3) is 0 Å². The lowest BCUT2D eigenvalue weighted by atomic mass is 10.2. The largest absolute Gasteiger partial charge is 0.370 e. The molecule has 0 bridgehead atoms. The number of hydrogen-bond donors (Lipinski definition) is 2. The fraction of sp³-hybridized carbons (Fsp3) is 0.409. The van der Waals surface area contributed by atoms with E-state index in [1.807, 2.05) is 12.1 Å². The molecule has 5 nitrogen and oxygen atoms in total. The van der Waals surface area contributed by atoms with Crippen molar-refractivity contribution >= 4 is 35.6 Å². The minimum Gasteiger partial charge on any atom is -0.370 e. The van der Waals surface area contributed by atoms with E-state index in [0.717, 1.165) is 57.9 Å². The number of rotatable bonds is 7. The number of guanidine groups is 1. The van der Waals surface area contributed by atoms with E-state index in [9.17, 15) is 0 Å². The monoisotopic (exact) mass is 493 g/mol. The van der Waals surface area contributed by atoms with E-state index in [4.69, 9.17) is 5.73 Å². The molecule has 1 heterocycles. The van der Waals surface area contributed by atoms with Crippen molar-refractivity contribution in [3.05, 3.63) is 65.7 Å². The predicted molar refractivity (Wildman–Crippen MR) is 129 cm³/mol. The zero-order valence-electron chi connectivity index (χ0n) is 16.7. The minimum atomic E-state index is 0. The number of nitrogens with zero attached hydrogens (tertiary/aromatic N) is 3. The van der Waals surface area contributed by atoms with Crippen LogP contribution < -0.4 is 11.1 Å². The summed E-state index contributed by atoms with van der Waals surface area (Å²) in [5, 5.41) is 3.14. The van der Waals surface area contributed by atoms with Gasteiger partial charge in [0.2, 0.25) is 0 Å². The Morgan fingerprint density at radius 1 is 0.964 bits per heavy atom. The van der Waals surface area contributed by atoms with Crippen LogP contribution in [0.1, 0.15) is 17.5 Å². The van der Waals surface area contributed by atoms with Crippen molar-refractivity contribution in [3.63, 3.8) is 0 Å². The number of nitrogens with one attached hydrogen (secondary N) is 1. The normalized spacial score (nSPS) is 15.8. The molecule has 0 spiro atoms. The lowest BCUT2D eigenvalue weighted by Crippen LogP contribution is -2.46. The topological polar surface area (TPSA) is 56.9 Å². The Labute approximate surface area is 186 Å². The van der Waals surface area contributed by atoms with E-state index in [2.05, 4.69) is 69.5 Å². The zero-order valence-corrected chi connectivity index (χ0v) is 19.0. The Hall–Kier alpha value is -1.64. The van der Waals surface area contributed by atoms with E-state index in [-0.39, 0.29) is 24.0 Å². The summed E-state index contributed by atoms with van der Waals surface area (Å²) in [4.78, 5) is 9.51. The highest BCUT2D eigenvalue weighted by atomic mass is 127. The highest BCUT2D eigenvalue weighted by molar-refractivity contribution is 14.0. The second-order valence-electron chi connectivity index (χ2n) is 7.21. The van der Waals surface area contributed by atoms with Gasteiger partial charge in [0.1, 0.15) is 0 Å². The van der Waals surface area contributed by atoms with Crippen LogP contribution >= 0.6 is 24.0 Å². The summed E-state index contributed by atoms with van der Waals surface area (Å²) in [6, 6.07) is 18.9. The van der Waals surface area contributed by atoms with Gasteiger partial charge in [0, 0.05) is 51.5 Å². The molecule has 1 saturated heterocycles. The summed E-state index contributed by atoms with van der Waals surface area (Å²) in [7, 11) is 0. The van der Waals surface area contributed by atoms with Gasteiger partial charge in [-0.25, -0.2) is 0 Å². The molecule has 0 aromatic heterocycles. The van der Waals surface area contributed by atoms with Gasteiger partial charge in [-0.15, -0.1) is 24.0 Å². The van der Waals surface area contributed by atoms with Gasteiger partial charge in [0.15, 0.2) is 5.96 Å². The molecular formula is C22H32IN5. The summed E-state index contributed by atoms with van der Waals surface area (Å²) in [6.07, 6.45) is 1.04. The van der Waals surface area contributed by atoms with E-state index in [0.29, 0.717) is 5.96 Å². The second-order valence-corrected chi connectivity index (χ2v) is 7.21. The fourth-order valence-electron chi connectivity index (χ4n) is 3.33. The van der Waals surface area contributed by atoms with Crippen LogP contribution in [-0.2, 0) is 6.54 Å². The number of halogens is 1. The first-order valence-electron chi connectivity index (χ1n) is 9.81. The van der Waals surface area contributed by atoms with Crippen LogP contribution in [0.3, 0.4) is 0 Å². The van der Waals surface area contributed by atoms with Crippen molar-refractivity contribution in [2.75, 3.05) is 44.6 Å². The van der Waals surface area contributed by atoms with Gasteiger partial charge in [0.05, 0.1) is 0 Å². The predicted octanol–water partition coefficient (Wildman–Crippen LogP) is 3.55. The molecule has 1 aliphatic rings. The number of benzene rings is 2. The number of nitrogens with two attached hydrogens (primary N) is 1. The van der Waals surface area contributed by atoms with E-state index in [1.165, 1.54) is 11.1 Å². The van der Waals surface area contributed by atoms with Crippen LogP contribution in [0, 0.1) is 6.92 Å². The van der Waals surface area contributed by atoms with Crippen LogP contribution in [0.2, 0.25) is 0 Å². The fourth-order valence-corrected chi connectivity index (χ4v) is 3.33. The van der Waals surface area contributed by atoms with Crippen LogP contribution in [0.15, 0.2) is 59.6 Å². The van der Waals surface area contributed by atoms with E-state index >= 15 is 0 Å². The van der Waals surface area contributed by atoms with Crippen molar-refractivity contribution in [2.45, 2.75) is 19.9 Å². The van der Waals surface area contributed by atoms with Crippen molar-refractivity contribution in [3.8, 4) is 0 Å². The molecule has 0 amide bonds. The molecule has 1 fully saturated rings. The van der Waals surface area contributed by atoms with Crippen molar-refractivity contribution < 1.29 is 0 Å². The molecule has 6 heteroatoms. The Morgan fingerprint density at radius 3 is 2.29 bits per heavy atom. The van der Waals surface area contributed by atoms with Crippen molar-refractivity contribution in [1.29, 1.82) is 0 Å². The van der Waals surface area contributed by atoms with Gasteiger partial charge in [0.25, 0.3) is 0 Å². The molecule has 0 radical (unpaired) electrons. The Kier molecular flexibility index (Phi) is 9.73. The van der Waals surface area contributed by atoms with Crippen LogP contribution in [0.5, 0.6) is 0 Å². The lowest BCUT2D eigenvalue weighted by molar-refractivity contribution is 0.127. The Bertz CT molecular complexity index is 709. The third kappa shape index (κ3) is 7.77. The molecule has 3 rings (SSSR count). The van der Waals surface area contributed by atoms with Crippen LogP contribution in [0.4, 0.5) is 5.69 Å². The summed E-state index contributed by atoms with van der Waals surface area (Å²) < 4.78 is 0. The molecule has 0 saturated carbocycles. The number of hydrogen-bond acceptors (Lipinski definition) is 3. The van der Waals surface area contributed by atoms with Gasteiger partial charge in [-0.05, 0) is 31.0 Å². The lowest BCUT2D eigenvalue weighted by Gasteiger charge is -2.34. The number of anilines is 1. The molecule has 0 unspecified atom stereocenters. The first-order valence-corrected chi connectivity index (χ1v) is 9.81. The smallest absolute Gasteiger partial charge is 0.193 e. The quantitative estimate of drug-likeness (QED) is 0.268. The average Bonchev–Trinajstić information content (AvgIpc) is 2.69. The minimum absolute atomic E-state index is 0. The maximum atomic E-state index is 5.97. The summed E-state index contributed by atoms with van der Waals surface area (Å²) in [6.45, 7) is 9.50. The molecule has 152 valence electrons. The van der Waals surface area contributed by atoms with Crippen LogP contribution in [-0.4, -0.2) is 55.0 Å². The van der Waals surface area contributed by atoms with E-state index < -0.39 is 0 Å². The first-order chi connectivity index (χ1) is 13.2. The van der Waals surface area contributed by atoms with Gasteiger partial charge in [-0.3, -0.25) is 9.89 Å². The van der Waals surface area contributed by atoms with Gasteiger partial charge < -0.3 is 16.0 Å². The summed E-state index contributed by atoms with van der Waals surface area (Å²) in [5.41, 5.74) is 9.59. The van der Waals surface area contributed by atoms with Crippen molar-refractivity contribution in [2.24, 2.45) is 10.7 Å². The maximum absolute atomic E-state index is 5.97. The average molecular weight is 493 g/mol. The molecule has 3 N–H and O–H groups in total. The van der Waals surface area contributed by atoms with Gasteiger partial charge >= 0.3 is 0 Å². The van der Waals surface area contributed by atoms with Crippen molar-refractivity contribution in [1.82, 2.24) is 9.80 Å². The molecule has 1 aliphatic heterocycles. The first kappa shape index (κ1) is 22.6. The SMILES string of the molecule is Cc1ccc(NC(N)=NCCCN2CCN(Cc3ccccc3)CC2)cc1.I. The third-order valence-corrected chi connectivity index (χ3v) is 4.95. The highest BCUT2D eigenvalue weighted by Gasteiger charge is 2.16. The molecular weight excluding hydrogens is 461 g/mol. The number of aliphatic imine (C=N–C) groups is 1. The number of piperazine rings is 1. The summed E-state index contributed by atoms with van der Waals surface area (Å²) >= 11 is 0. The molecule has 0 atom stereocenters. The second kappa shape index (κ2) is 12.0. The molecule has 0 aliphatic carbocycles. The molecule has 28 heavy (non-hydrogen) atoms. The van der Waals surface area contributed by atoms with Gasteiger partial charge in [-0.1, -0.05) is 48.0 Å². The van der Waals surface area contributed by atoms with Gasteiger partial charge in [-0.2, -0.15) is 0 Å². The third-order valence-electron chi connectivity index (χ3n) is 4.95. The Morgan fingerprint density at radius 2 is 1.61 bits per heavy atom. The maximum Gasteiger partial charge on any atom is 0.193 e. The Balaban J connectivity index is 0.00000280. The number of aryl methyl sites for hydroxylation is 1. The molecule has 2 aromatic rings.